The Morgan fingerprint density at radius 2 is 2.17 bits per heavy atom. The van der Waals surface area contributed by atoms with Crippen molar-refractivity contribution in [3.63, 3.8) is 0 Å². The summed E-state index contributed by atoms with van der Waals surface area (Å²) in [5.74, 6) is 0.662. The third kappa shape index (κ3) is 5.77. The molecule has 0 aromatic heterocycles. The van der Waals surface area contributed by atoms with Crippen LogP contribution >= 0.6 is 15.9 Å². The molecule has 0 bridgehead atoms. The first-order valence-electron chi connectivity index (χ1n) is 8.06. The van der Waals surface area contributed by atoms with E-state index in [1.54, 1.807) is 0 Å². The zero-order valence-electron chi connectivity index (χ0n) is 13.8. The maximum absolute atomic E-state index is 13.8. The Bertz CT molecular complexity index is 547. The van der Waals surface area contributed by atoms with Crippen LogP contribution in [0.15, 0.2) is 27.7 Å². The maximum Gasteiger partial charge on any atom is 0.191 e. The van der Waals surface area contributed by atoms with Crippen LogP contribution in [0.3, 0.4) is 0 Å². The molecule has 0 aliphatic carbocycles. The van der Waals surface area contributed by atoms with Gasteiger partial charge in [0.05, 0.1) is 19.8 Å². The Hall–Kier alpha value is -1.14. The molecule has 1 aromatic carbocycles. The van der Waals surface area contributed by atoms with Gasteiger partial charge in [0.2, 0.25) is 0 Å². The molecule has 1 heterocycles. The van der Waals surface area contributed by atoms with Gasteiger partial charge in [0, 0.05) is 23.0 Å². The molecule has 0 amide bonds. The summed E-state index contributed by atoms with van der Waals surface area (Å²) in [5, 5.41) is 6.55. The molecule has 1 aliphatic heterocycles. The van der Waals surface area contributed by atoms with Gasteiger partial charge < -0.3 is 15.4 Å². The second-order valence-corrected chi connectivity index (χ2v) is 7.18. The molecular weight excluding hydrogens is 361 g/mol. The number of ether oxygens (including phenoxy) is 1. The number of halogens is 2. The third-order valence-electron chi connectivity index (χ3n) is 3.79. The molecule has 6 heteroatoms. The smallest absolute Gasteiger partial charge is 0.191 e. The van der Waals surface area contributed by atoms with Crippen molar-refractivity contribution in [2.75, 3.05) is 32.8 Å². The quantitative estimate of drug-likeness (QED) is 0.430. The number of hydrogen-bond donors (Lipinski definition) is 2. The lowest BCUT2D eigenvalue weighted by molar-refractivity contribution is -0.0945. The van der Waals surface area contributed by atoms with Crippen LogP contribution in [0.2, 0.25) is 0 Å². The zero-order chi connectivity index (χ0) is 16.7. The summed E-state index contributed by atoms with van der Waals surface area (Å²) in [7, 11) is 0. The van der Waals surface area contributed by atoms with Crippen molar-refractivity contribution in [2.45, 2.75) is 26.7 Å². The van der Waals surface area contributed by atoms with Gasteiger partial charge in [-0.05, 0) is 37.5 Å². The SMILES string of the molecule is CCNC(=NCC1(C)COC1)NCCCc1ccc(Br)cc1F. The summed E-state index contributed by atoms with van der Waals surface area (Å²) < 4.78 is 19.8. The molecule has 128 valence electrons. The van der Waals surface area contributed by atoms with Crippen molar-refractivity contribution in [3.8, 4) is 0 Å². The highest BCUT2D eigenvalue weighted by Gasteiger charge is 2.33. The topological polar surface area (TPSA) is 45.7 Å². The highest BCUT2D eigenvalue weighted by Crippen LogP contribution is 2.26. The van der Waals surface area contributed by atoms with E-state index < -0.39 is 0 Å². The summed E-state index contributed by atoms with van der Waals surface area (Å²) in [6.45, 7) is 8.11. The lowest BCUT2D eigenvalue weighted by atomic mass is 9.89. The fraction of sp³-hybridized carbons (Fsp3) is 0.588. The van der Waals surface area contributed by atoms with E-state index >= 15 is 0 Å². The molecule has 1 fully saturated rings. The summed E-state index contributed by atoms with van der Waals surface area (Å²) in [6.07, 6.45) is 1.56. The van der Waals surface area contributed by atoms with E-state index in [2.05, 4.69) is 38.5 Å². The number of guanidine groups is 1. The first kappa shape index (κ1) is 18.2. The summed E-state index contributed by atoms with van der Waals surface area (Å²) >= 11 is 3.27. The van der Waals surface area contributed by atoms with Gasteiger partial charge >= 0.3 is 0 Å². The zero-order valence-corrected chi connectivity index (χ0v) is 15.4. The summed E-state index contributed by atoms with van der Waals surface area (Å²) in [6, 6.07) is 5.21. The first-order valence-corrected chi connectivity index (χ1v) is 8.85. The van der Waals surface area contributed by atoms with E-state index in [9.17, 15) is 4.39 Å². The number of nitrogens with one attached hydrogen (secondary N) is 2. The molecule has 4 nitrogen and oxygen atoms in total. The van der Waals surface area contributed by atoms with Crippen molar-refractivity contribution < 1.29 is 9.13 Å². The van der Waals surface area contributed by atoms with Gasteiger partial charge in [-0.3, -0.25) is 4.99 Å². The molecule has 0 radical (unpaired) electrons. The molecule has 1 aliphatic rings. The van der Waals surface area contributed by atoms with E-state index in [-0.39, 0.29) is 11.2 Å². The van der Waals surface area contributed by atoms with E-state index in [1.165, 1.54) is 6.07 Å². The van der Waals surface area contributed by atoms with E-state index in [0.717, 1.165) is 55.3 Å². The van der Waals surface area contributed by atoms with Crippen LogP contribution in [0.1, 0.15) is 25.8 Å². The third-order valence-corrected chi connectivity index (χ3v) is 4.29. The minimum Gasteiger partial charge on any atom is -0.380 e. The summed E-state index contributed by atoms with van der Waals surface area (Å²) in [4.78, 5) is 4.62. The minimum atomic E-state index is -0.155. The number of rotatable bonds is 7. The summed E-state index contributed by atoms with van der Waals surface area (Å²) in [5.41, 5.74) is 0.916. The normalized spacial score (nSPS) is 16.8. The standard InChI is InChI=1S/C17H25BrFN3O/c1-3-20-16(22-10-17(2)11-23-12-17)21-8-4-5-13-6-7-14(18)9-15(13)19/h6-7,9H,3-5,8,10-12H2,1-2H3,(H2,20,21,22). The molecule has 2 N–H and O–H groups in total. The van der Waals surface area contributed by atoms with Crippen molar-refractivity contribution in [2.24, 2.45) is 10.4 Å². The molecule has 0 saturated carbocycles. The highest BCUT2D eigenvalue weighted by atomic mass is 79.9. The number of benzene rings is 1. The molecular formula is C17H25BrFN3O. The van der Waals surface area contributed by atoms with Crippen LogP contribution < -0.4 is 10.6 Å². The van der Waals surface area contributed by atoms with Crippen molar-refractivity contribution in [1.82, 2.24) is 10.6 Å². The highest BCUT2D eigenvalue weighted by molar-refractivity contribution is 9.10. The van der Waals surface area contributed by atoms with Gasteiger partial charge in [0.25, 0.3) is 0 Å². The average molecular weight is 386 g/mol. The number of nitrogens with zero attached hydrogens (tertiary/aromatic N) is 1. The lowest BCUT2D eigenvalue weighted by Crippen LogP contribution is -2.44. The maximum atomic E-state index is 13.8. The van der Waals surface area contributed by atoms with Crippen molar-refractivity contribution in [3.05, 3.63) is 34.1 Å². The molecule has 1 aromatic rings. The Kier molecular flexibility index (Phi) is 6.84. The van der Waals surface area contributed by atoms with E-state index in [1.807, 2.05) is 19.1 Å². The van der Waals surface area contributed by atoms with E-state index in [4.69, 9.17) is 4.74 Å². The molecule has 0 unspecified atom stereocenters. The first-order chi connectivity index (χ1) is 11.0. The van der Waals surface area contributed by atoms with Crippen molar-refractivity contribution in [1.29, 1.82) is 0 Å². The fourth-order valence-corrected chi connectivity index (χ4v) is 2.70. The Labute approximate surface area is 146 Å². The molecule has 0 spiro atoms. The second kappa shape index (κ2) is 8.64. The van der Waals surface area contributed by atoms with E-state index in [0.29, 0.717) is 6.42 Å². The number of hydrogen-bond acceptors (Lipinski definition) is 2. The minimum absolute atomic E-state index is 0.155. The van der Waals surface area contributed by atoms with Gasteiger partial charge in [-0.15, -0.1) is 0 Å². The average Bonchev–Trinajstić information content (AvgIpc) is 2.48. The Balaban J connectivity index is 1.76. The van der Waals surface area contributed by atoms with Crippen LogP contribution in [0.4, 0.5) is 4.39 Å². The van der Waals surface area contributed by atoms with Gasteiger partial charge in [-0.25, -0.2) is 4.39 Å². The van der Waals surface area contributed by atoms with Crippen LogP contribution in [-0.2, 0) is 11.2 Å². The van der Waals surface area contributed by atoms with Gasteiger partial charge in [-0.1, -0.05) is 28.9 Å². The van der Waals surface area contributed by atoms with Gasteiger partial charge in [-0.2, -0.15) is 0 Å². The van der Waals surface area contributed by atoms with Crippen molar-refractivity contribution >= 4 is 21.9 Å². The van der Waals surface area contributed by atoms with Crippen LogP contribution in [0.5, 0.6) is 0 Å². The number of aliphatic imine (C=N–C) groups is 1. The van der Waals surface area contributed by atoms with Crippen LogP contribution in [0, 0.1) is 11.2 Å². The van der Waals surface area contributed by atoms with Crippen LogP contribution in [-0.4, -0.2) is 38.8 Å². The lowest BCUT2D eigenvalue weighted by Gasteiger charge is -2.36. The molecule has 23 heavy (non-hydrogen) atoms. The number of aryl methyl sites for hydroxylation is 1. The molecule has 2 rings (SSSR count). The largest absolute Gasteiger partial charge is 0.380 e. The fourth-order valence-electron chi connectivity index (χ4n) is 2.36. The second-order valence-electron chi connectivity index (χ2n) is 6.26. The molecule has 0 atom stereocenters. The Morgan fingerprint density at radius 1 is 1.39 bits per heavy atom. The molecule has 1 saturated heterocycles. The predicted octanol–water partition coefficient (Wildman–Crippen LogP) is 3.11. The van der Waals surface area contributed by atoms with Gasteiger partial charge in [0.15, 0.2) is 5.96 Å². The Morgan fingerprint density at radius 3 is 2.78 bits per heavy atom. The predicted molar refractivity (Wildman–Crippen MR) is 95.3 cm³/mol. The monoisotopic (exact) mass is 385 g/mol. The van der Waals surface area contributed by atoms with Crippen LogP contribution in [0.25, 0.3) is 0 Å². The van der Waals surface area contributed by atoms with Gasteiger partial charge in [0.1, 0.15) is 5.82 Å².